The van der Waals surface area contributed by atoms with E-state index in [1.54, 1.807) is 54.6 Å². The molecular weight excluding hydrogens is 558 g/mol. The van der Waals surface area contributed by atoms with Crippen molar-refractivity contribution in [1.29, 1.82) is 0 Å². The van der Waals surface area contributed by atoms with E-state index in [4.69, 9.17) is 42.1 Å². The fourth-order valence-electron chi connectivity index (χ4n) is 4.09. The molecule has 40 heavy (non-hydrogen) atoms. The van der Waals surface area contributed by atoms with Gasteiger partial charge in [-0.2, -0.15) is 0 Å². The Morgan fingerprint density at radius 3 is 2.23 bits per heavy atom. The predicted molar refractivity (Wildman–Crippen MR) is 152 cm³/mol. The highest BCUT2D eigenvalue weighted by Gasteiger charge is 2.23. The van der Waals surface area contributed by atoms with Gasteiger partial charge in [-0.25, -0.2) is 9.18 Å². The van der Waals surface area contributed by atoms with E-state index in [9.17, 15) is 9.18 Å². The number of esters is 1. The largest absolute Gasteiger partial charge is 0.494 e. The molecule has 0 radical (unpaired) electrons. The monoisotopic (exact) mass is 584 g/mol. The standard InChI is InChI=1S/C30H27Cl2FN2O5/c1-37-25-12-11-20(13-28(25)39-3)27(14-21-22(31)16-34-17-23(21)32)40-30(36)19-9-7-18(8-10-19)15-35-29-24(33)5-4-6-26(29)38-2/h4-13,16-17,27,35H,14-15H2,1-3H3/t27-/m0/s1. The van der Waals surface area contributed by atoms with E-state index in [1.807, 2.05) is 0 Å². The van der Waals surface area contributed by atoms with Crippen molar-refractivity contribution in [2.45, 2.75) is 19.1 Å². The van der Waals surface area contributed by atoms with Gasteiger partial charge in [-0.05, 0) is 53.1 Å². The normalized spacial score (nSPS) is 11.4. The van der Waals surface area contributed by atoms with E-state index in [0.29, 0.717) is 50.5 Å². The first-order valence-electron chi connectivity index (χ1n) is 12.2. The molecule has 0 bridgehead atoms. The van der Waals surface area contributed by atoms with Crippen LogP contribution in [-0.2, 0) is 17.7 Å². The zero-order valence-electron chi connectivity index (χ0n) is 22.0. The van der Waals surface area contributed by atoms with Gasteiger partial charge >= 0.3 is 5.97 Å². The van der Waals surface area contributed by atoms with Crippen molar-refractivity contribution in [2.24, 2.45) is 0 Å². The number of ether oxygens (including phenoxy) is 4. The summed E-state index contributed by atoms with van der Waals surface area (Å²) in [6.45, 7) is 0.319. The molecule has 7 nitrogen and oxygen atoms in total. The molecule has 0 aliphatic rings. The second kappa shape index (κ2) is 13.4. The third-order valence-corrected chi connectivity index (χ3v) is 6.88. The van der Waals surface area contributed by atoms with Crippen LogP contribution in [0.3, 0.4) is 0 Å². The number of nitrogens with zero attached hydrogens (tertiary/aromatic N) is 1. The van der Waals surface area contributed by atoms with Gasteiger partial charge < -0.3 is 24.3 Å². The first-order valence-corrected chi connectivity index (χ1v) is 13.0. The van der Waals surface area contributed by atoms with Crippen LogP contribution in [0, 0.1) is 5.82 Å². The van der Waals surface area contributed by atoms with Crippen LogP contribution in [0.5, 0.6) is 17.2 Å². The highest BCUT2D eigenvalue weighted by atomic mass is 35.5. The zero-order chi connectivity index (χ0) is 28.6. The lowest BCUT2D eigenvalue weighted by atomic mass is 10.0. The lowest BCUT2D eigenvalue weighted by molar-refractivity contribution is 0.0297. The number of benzene rings is 3. The van der Waals surface area contributed by atoms with Crippen molar-refractivity contribution < 1.29 is 28.1 Å². The predicted octanol–water partition coefficient (Wildman–Crippen LogP) is 7.31. The SMILES string of the molecule is COc1ccc([C@H](Cc2c(Cl)cncc2Cl)OC(=O)c2ccc(CNc3c(F)cccc3OC)cc2)cc1OC. The van der Waals surface area contributed by atoms with Crippen molar-refractivity contribution in [1.82, 2.24) is 4.98 Å². The fraction of sp³-hybridized carbons (Fsp3) is 0.200. The summed E-state index contributed by atoms with van der Waals surface area (Å²) in [5.74, 6) is 0.451. The Hall–Kier alpha value is -4.01. The van der Waals surface area contributed by atoms with Crippen molar-refractivity contribution >= 4 is 34.9 Å². The third-order valence-electron chi connectivity index (χ3n) is 6.22. The van der Waals surface area contributed by atoms with E-state index in [2.05, 4.69) is 10.3 Å². The van der Waals surface area contributed by atoms with Crippen LogP contribution >= 0.6 is 23.2 Å². The van der Waals surface area contributed by atoms with E-state index < -0.39 is 17.9 Å². The number of nitrogens with one attached hydrogen (secondary N) is 1. The summed E-state index contributed by atoms with van der Waals surface area (Å²) in [6.07, 6.45) is 2.42. The molecule has 0 saturated heterocycles. The Morgan fingerprint density at radius 2 is 1.57 bits per heavy atom. The summed E-state index contributed by atoms with van der Waals surface area (Å²) in [6, 6.07) is 16.7. The molecule has 3 aromatic carbocycles. The lowest BCUT2D eigenvalue weighted by Crippen LogP contribution is -2.15. The number of carbonyl (C=O) groups excluding carboxylic acids is 1. The molecule has 0 saturated carbocycles. The third kappa shape index (κ3) is 6.76. The number of methoxy groups -OCH3 is 3. The molecule has 4 rings (SSSR count). The van der Waals surface area contributed by atoms with Gasteiger partial charge in [0.25, 0.3) is 0 Å². The molecule has 4 aromatic rings. The second-order valence-electron chi connectivity index (χ2n) is 8.66. The molecule has 10 heteroatoms. The number of pyridine rings is 1. The summed E-state index contributed by atoms with van der Waals surface area (Å²) in [4.78, 5) is 17.2. The Kier molecular flexibility index (Phi) is 9.69. The topological polar surface area (TPSA) is 78.9 Å². The molecule has 1 aromatic heterocycles. The van der Waals surface area contributed by atoms with Gasteiger partial charge in [-0.3, -0.25) is 4.98 Å². The van der Waals surface area contributed by atoms with Gasteiger partial charge in [0.1, 0.15) is 23.4 Å². The highest BCUT2D eigenvalue weighted by molar-refractivity contribution is 6.35. The first-order chi connectivity index (χ1) is 19.3. The van der Waals surface area contributed by atoms with Gasteiger partial charge in [0, 0.05) is 25.4 Å². The van der Waals surface area contributed by atoms with Crippen LogP contribution in [-0.4, -0.2) is 32.3 Å². The smallest absolute Gasteiger partial charge is 0.338 e. The molecule has 1 N–H and O–H groups in total. The first kappa shape index (κ1) is 29.0. The van der Waals surface area contributed by atoms with Crippen LogP contribution in [0.25, 0.3) is 0 Å². The van der Waals surface area contributed by atoms with Gasteiger partial charge in [-0.15, -0.1) is 0 Å². The average Bonchev–Trinajstić information content (AvgIpc) is 2.97. The highest BCUT2D eigenvalue weighted by Crippen LogP contribution is 2.35. The number of carbonyl (C=O) groups is 1. The molecule has 1 heterocycles. The number of aromatic nitrogens is 1. The second-order valence-corrected chi connectivity index (χ2v) is 9.48. The van der Waals surface area contributed by atoms with Crippen LogP contribution in [0.4, 0.5) is 10.1 Å². The summed E-state index contributed by atoms with van der Waals surface area (Å²) >= 11 is 12.7. The maximum atomic E-state index is 14.2. The number of hydrogen-bond acceptors (Lipinski definition) is 7. The molecule has 0 spiro atoms. The molecule has 208 valence electrons. The summed E-state index contributed by atoms with van der Waals surface area (Å²) in [7, 11) is 4.54. The number of halogens is 3. The van der Waals surface area contributed by atoms with Crippen molar-refractivity contribution in [2.75, 3.05) is 26.6 Å². The minimum absolute atomic E-state index is 0.202. The van der Waals surface area contributed by atoms with Crippen LogP contribution < -0.4 is 19.5 Å². The quantitative estimate of drug-likeness (QED) is 0.185. The Bertz CT molecular complexity index is 1460. The van der Waals surface area contributed by atoms with Crippen LogP contribution in [0.2, 0.25) is 10.0 Å². The van der Waals surface area contributed by atoms with Crippen LogP contribution in [0.1, 0.15) is 33.2 Å². The molecule has 1 atom stereocenters. The van der Waals surface area contributed by atoms with E-state index in [0.717, 1.165) is 5.56 Å². The van der Waals surface area contributed by atoms with Gasteiger partial charge in [0.2, 0.25) is 0 Å². The van der Waals surface area contributed by atoms with Crippen molar-refractivity contribution in [3.63, 3.8) is 0 Å². The molecule has 0 aliphatic carbocycles. The number of hydrogen-bond donors (Lipinski definition) is 1. The fourth-order valence-corrected chi connectivity index (χ4v) is 4.61. The van der Waals surface area contributed by atoms with Gasteiger partial charge in [-0.1, -0.05) is 47.5 Å². The minimum atomic E-state index is -0.750. The maximum Gasteiger partial charge on any atom is 0.338 e. The summed E-state index contributed by atoms with van der Waals surface area (Å²) in [5, 5.41) is 3.76. The van der Waals surface area contributed by atoms with E-state index in [-0.39, 0.29) is 12.1 Å². The average molecular weight is 585 g/mol. The lowest BCUT2D eigenvalue weighted by Gasteiger charge is -2.21. The number of anilines is 1. The minimum Gasteiger partial charge on any atom is -0.494 e. The molecule has 0 amide bonds. The maximum absolute atomic E-state index is 14.2. The van der Waals surface area contributed by atoms with E-state index in [1.165, 1.54) is 39.8 Å². The Morgan fingerprint density at radius 1 is 0.900 bits per heavy atom. The van der Waals surface area contributed by atoms with E-state index >= 15 is 0 Å². The van der Waals surface area contributed by atoms with Crippen LogP contribution in [0.15, 0.2) is 73.1 Å². The summed E-state index contributed by atoms with van der Waals surface area (Å²) < 4.78 is 36.2. The molecule has 0 fully saturated rings. The van der Waals surface area contributed by atoms with Gasteiger partial charge in [0.15, 0.2) is 11.5 Å². The van der Waals surface area contributed by atoms with Crippen molar-refractivity contribution in [3.05, 3.63) is 111 Å². The van der Waals surface area contributed by atoms with Gasteiger partial charge in [0.05, 0.1) is 36.9 Å². The molecular formula is C30H27Cl2FN2O5. The summed E-state index contributed by atoms with van der Waals surface area (Å²) in [5.41, 5.74) is 2.68. The Balaban J connectivity index is 1.54. The number of rotatable bonds is 11. The van der Waals surface area contributed by atoms with Crippen molar-refractivity contribution in [3.8, 4) is 17.2 Å². The number of para-hydroxylation sites is 1. The Labute approximate surface area is 241 Å². The molecule has 0 aliphatic heterocycles. The molecule has 0 unspecified atom stereocenters. The zero-order valence-corrected chi connectivity index (χ0v) is 23.6.